The van der Waals surface area contributed by atoms with Gasteiger partial charge in [-0.2, -0.15) is 5.10 Å². The first-order valence-corrected chi connectivity index (χ1v) is 11.2. The molecule has 0 saturated heterocycles. The molecule has 3 aromatic rings. The number of aromatic nitrogens is 2. The van der Waals surface area contributed by atoms with Gasteiger partial charge in [-0.15, -0.1) is 11.3 Å². The van der Waals surface area contributed by atoms with E-state index in [0.717, 1.165) is 35.4 Å². The molecule has 0 spiro atoms. The average molecular weight is 453 g/mol. The van der Waals surface area contributed by atoms with Crippen LogP contribution in [0.5, 0.6) is 0 Å². The molecule has 166 valence electrons. The van der Waals surface area contributed by atoms with Crippen LogP contribution in [0, 0.1) is 13.8 Å². The molecule has 0 radical (unpaired) electrons. The Bertz CT molecular complexity index is 1210. The number of benzene rings is 1. The molecule has 1 aliphatic carbocycles. The highest BCUT2D eigenvalue weighted by molar-refractivity contribution is 7.17. The fourth-order valence-corrected chi connectivity index (χ4v) is 5.30. The second kappa shape index (κ2) is 8.58. The zero-order valence-corrected chi connectivity index (χ0v) is 18.9. The number of primary amides is 1. The predicted molar refractivity (Wildman–Crippen MR) is 121 cm³/mol. The summed E-state index contributed by atoms with van der Waals surface area (Å²) >= 11 is 1.36. The van der Waals surface area contributed by atoms with Gasteiger partial charge in [0.1, 0.15) is 10.6 Å². The number of fused-ring (bicyclic) bond motifs is 1. The van der Waals surface area contributed by atoms with E-state index >= 15 is 0 Å². The Morgan fingerprint density at radius 2 is 1.88 bits per heavy atom. The Balaban J connectivity index is 1.50. The normalized spacial score (nSPS) is 13.5. The number of nitrogens with zero attached hydrogens (tertiary/aromatic N) is 2. The molecular formula is C23H24N4O4S. The number of thiophene rings is 1. The lowest BCUT2D eigenvalue weighted by Crippen LogP contribution is -2.30. The number of ether oxygens (including phenoxy) is 1. The van der Waals surface area contributed by atoms with Crippen molar-refractivity contribution >= 4 is 34.1 Å². The molecule has 0 bridgehead atoms. The van der Waals surface area contributed by atoms with E-state index in [1.807, 2.05) is 30.3 Å². The first-order valence-electron chi connectivity index (χ1n) is 10.4. The van der Waals surface area contributed by atoms with Crippen molar-refractivity contribution in [3.05, 3.63) is 63.3 Å². The van der Waals surface area contributed by atoms with Crippen LogP contribution in [0.2, 0.25) is 0 Å². The Morgan fingerprint density at radius 3 is 2.56 bits per heavy atom. The van der Waals surface area contributed by atoms with Crippen molar-refractivity contribution in [3.63, 3.8) is 0 Å². The molecule has 1 unspecified atom stereocenters. The van der Waals surface area contributed by atoms with Crippen molar-refractivity contribution < 1.29 is 19.1 Å². The van der Waals surface area contributed by atoms with Crippen molar-refractivity contribution in [1.82, 2.24) is 9.78 Å². The summed E-state index contributed by atoms with van der Waals surface area (Å²) in [5, 5.41) is 7.58. The van der Waals surface area contributed by atoms with Gasteiger partial charge in [-0.1, -0.05) is 18.2 Å². The predicted octanol–water partition coefficient (Wildman–Crippen LogP) is 3.32. The summed E-state index contributed by atoms with van der Waals surface area (Å²) in [6.45, 7) is 4.99. The van der Waals surface area contributed by atoms with E-state index in [1.165, 1.54) is 18.3 Å². The van der Waals surface area contributed by atoms with Gasteiger partial charge in [0.2, 0.25) is 0 Å². The van der Waals surface area contributed by atoms with Gasteiger partial charge < -0.3 is 15.8 Å². The van der Waals surface area contributed by atoms with E-state index in [2.05, 4.69) is 10.4 Å². The molecule has 1 aromatic carbocycles. The molecule has 4 rings (SSSR count). The smallest absolute Gasteiger partial charge is 0.342 e. The van der Waals surface area contributed by atoms with Gasteiger partial charge in [0.05, 0.1) is 22.6 Å². The van der Waals surface area contributed by atoms with Crippen LogP contribution >= 0.6 is 11.3 Å². The van der Waals surface area contributed by atoms with Crippen LogP contribution in [0.1, 0.15) is 55.9 Å². The third-order valence-corrected chi connectivity index (χ3v) is 6.76. The van der Waals surface area contributed by atoms with Gasteiger partial charge in [0.15, 0.2) is 6.10 Å². The minimum Gasteiger partial charge on any atom is -0.449 e. The lowest BCUT2D eigenvalue weighted by Gasteiger charge is -2.14. The quantitative estimate of drug-likeness (QED) is 0.557. The van der Waals surface area contributed by atoms with Crippen LogP contribution in [0.4, 0.5) is 5.00 Å². The summed E-state index contributed by atoms with van der Waals surface area (Å²) in [6, 6.07) is 9.45. The maximum atomic E-state index is 12.9. The minimum absolute atomic E-state index is 0.321. The van der Waals surface area contributed by atoms with Crippen molar-refractivity contribution in [1.29, 1.82) is 0 Å². The topological polar surface area (TPSA) is 116 Å². The Kier molecular flexibility index (Phi) is 5.84. The van der Waals surface area contributed by atoms with E-state index in [-0.39, 0.29) is 0 Å². The molecule has 1 atom stereocenters. The average Bonchev–Trinajstić information content (AvgIpc) is 3.41. The zero-order valence-electron chi connectivity index (χ0n) is 18.1. The molecule has 8 nitrogen and oxygen atoms in total. The van der Waals surface area contributed by atoms with Crippen LogP contribution in [-0.4, -0.2) is 33.7 Å². The van der Waals surface area contributed by atoms with Gasteiger partial charge in [0.25, 0.3) is 11.8 Å². The van der Waals surface area contributed by atoms with Crippen molar-refractivity contribution in [2.75, 3.05) is 5.32 Å². The molecular weight excluding hydrogens is 428 g/mol. The number of carbonyl (C=O) groups is 3. The van der Waals surface area contributed by atoms with Crippen molar-refractivity contribution in [2.45, 2.75) is 46.1 Å². The van der Waals surface area contributed by atoms with E-state index in [0.29, 0.717) is 27.5 Å². The highest BCUT2D eigenvalue weighted by Gasteiger charge is 2.29. The molecule has 3 N–H and O–H groups in total. The third kappa shape index (κ3) is 3.91. The largest absolute Gasteiger partial charge is 0.449 e. The van der Waals surface area contributed by atoms with Crippen molar-refractivity contribution in [3.8, 4) is 5.69 Å². The second-order valence-electron chi connectivity index (χ2n) is 7.76. The molecule has 2 amide bonds. The van der Waals surface area contributed by atoms with E-state index < -0.39 is 23.9 Å². The first kappa shape index (κ1) is 21.8. The fourth-order valence-electron chi connectivity index (χ4n) is 4.00. The lowest BCUT2D eigenvalue weighted by molar-refractivity contribution is -0.123. The maximum absolute atomic E-state index is 12.9. The number of hydrogen-bond donors (Lipinski definition) is 2. The first-order chi connectivity index (χ1) is 15.3. The van der Waals surface area contributed by atoms with Crippen LogP contribution in [-0.2, 0) is 22.4 Å². The van der Waals surface area contributed by atoms with Crippen LogP contribution in [0.3, 0.4) is 0 Å². The SMILES string of the molecule is Cc1nn(-c2ccccc2)c(C)c1C(=O)OC(C)C(=O)Nc1sc2c(c1C(N)=O)CCC2. The number of rotatable bonds is 6. The highest BCUT2D eigenvalue weighted by atomic mass is 32.1. The summed E-state index contributed by atoms with van der Waals surface area (Å²) in [4.78, 5) is 38.6. The molecule has 0 saturated carbocycles. The lowest BCUT2D eigenvalue weighted by atomic mass is 10.1. The van der Waals surface area contributed by atoms with Crippen LogP contribution < -0.4 is 11.1 Å². The number of nitrogens with two attached hydrogens (primary N) is 1. The zero-order chi connectivity index (χ0) is 23.0. The summed E-state index contributed by atoms with van der Waals surface area (Å²) in [6.07, 6.45) is 1.54. The molecule has 0 fully saturated rings. The molecule has 2 aromatic heterocycles. The van der Waals surface area contributed by atoms with Gasteiger partial charge >= 0.3 is 5.97 Å². The number of esters is 1. The molecule has 9 heteroatoms. The minimum atomic E-state index is -1.07. The molecule has 0 aliphatic heterocycles. The number of para-hydroxylation sites is 1. The molecule has 1 aliphatic rings. The number of aryl methyl sites for hydroxylation is 2. The summed E-state index contributed by atoms with van der Waals surface area (Å²) in [5.41, 5.74) is 9.10. The van der Waals surface area contributed by atoms with E-state index in [9.17, 15) is 14.4 Å². The fraction of sp³-hybridized carbons (Fsp3) is 0.304. The summed E-state index contributed by atoms with van der Waals surface area (Å²) in [7, 11) is 0. The third-order valence-electron chi connectivity index (χ3n) is 5.55. The van der Waals surface area contributed by atoms with Gasteiger partial charge in [-0.25, -0.2) is 9.48 Å². The number of nitrogens with one attached hydrogen (secondary N) is 1. The Hall–Kier alpha value is -3.46. The number of carbonyl (C=O) groups excluding carboxylic acids is 3. The van der Waals surface area contributed by atoms with E-state index in [4.69, 9.17) is 10.5 Å². The standard InChI is InChI=1S/C23H24N4O4S/c1-12-18(13(2)27(26-12)15-8-5-4-6-9-15)23(30)31-14(3)21(29)25-22-19(20(24)28)16-10-7-11-17(16)32-22/h4-6,8-9,14H,7,10-11H2,1-3H3,(H2,24,28)(H,25,29). The summed E-state index contributed by atoms with van der Waals surface area (Å²) in [5.74, 6) is -1.72. The van der Waals surface area contributed by atoms with Crippen LogP contribution in [0.25, 0.3) is 5.69 Å². The van der Waals surface area contributed by atoms with Gasteiger partial charge in [-0.05, 0) is 57.7 Å². The molecule has 32 heavy (non-hydrogen) atoms. The summed E-state index contributed by atoms with van der Waals surface area (Å²) < 4.78 is 7.11. The number of amides is 2. The maximum Gasteiger partial charge on any atom is 0.342 e. The van der Waals surface area contributed by atoms with Gasteiger partial charge in [0, 0.05) is 4.88 Å². The number of hydrogen-bond acceptors (Lipinski definition) is 6. The Morgan fingerprint density at radius 1 is 1.16 bits per heavy atom. The Labute approximate surface area is 189 Å². The van der Waals surface area contributed by atoms with Gasteiger partial charge in [-0.3, -0.25) is 9.59 Å². The second-order valence-corrected chi connectivity index (χ2v) is 8.86. The van der Waals surface area contributed by atoms with Crippen LogP contribution in [0.15, 0.2) is 30.3 Å². The highest BCUT2D eigenvalue weighted by Crippen LogP contribution is 2.38. The van der Waals surface area contributed by atoms with E-state index in [1.54, 1.807) is 18.5 Å². The molecule has 2 heterocycles. The monoisotopic (exact) mass is 452 g/mol. The number of anilines is 1. The van der Waals surface area contributed by atoms with Crippen molar-refractivity contribution in [2.24, 2.45) is 5.73 Å².